The van der Waals surface area contributed by atoms with Crippen LogP contribution >= 0.6 is 11.3 Å². The molecule has 1 aliphatic heterocycles. The molecule has 2 heterocycles. The molecule has 2 aliphatic rings. The molecule has 4 nitrogen and oxygen atoms in total. The zero-order chi connectivity index (χ0) is 15.0. The summed E-state index contributed by atoms with van der Waals surface area (Å²) in [6.45, 7) is 2.73. The van der Waals surface area contributed by atoms with Crippen molar-refractivity contribution in [3.8, 4) is 0 Å². The molecule has 112 valence electrons. The summed E-state index contributed by atoms with van der Waals surface area (Å²) in [5.41, 5.74) is 1.22. The fourth-order valence-corrected chi connectivity index (χ4v) is 4.35. The quantitative estimate of drug-likeness (QED) is 0.855. The molecule has 1 aliphatic carbocycles. The Hall–Kier alpha value is -1.62. The number of hydrogen-bond acceptors (Lipinski definition) is 3. The zero-order valence-electron chi connectivity index (χ0n) is 12.0. The van der Waals surface area contributed by atoms with E-state index in [0.717, 1.165) is 6.42 Å². The van der Waals surface area contributed by atoms with Gasteiger partial charge in [0.15, 0.2) is 0 Å². The van der Waals surface area contributed by atoms with Gasteiger partial charge >= 0.3 is 5.97 Å². The number of carbonyl (C=O) groups excluding carboxylic acids is 1. The first-order valence-electron chi connectivity index (χ1n) is 7.34. The van der Waals surface area contributed by atoms with E-state index >= 15 is 0 Å². The third-order valence-electron chi connectivity index (χ3n) is 4.63. The monoisotopic (exact) mass is 305 g/mol. The minimum absolute atomic E-state index is 0.00361. The van der Waals surface area contributed by atoms with Gasteiger partial charge in [0.1, 0.15) is 0 Å². The first-order valence-corrected chi connectivity index (χ1v) is 8.22. The molecule has 1 aromatic heterocycles. The molecule has 3 rings (SSSR count). The van der Waals surface area contributed by atoms with Crippen LogP contribution in [0.1, 0.15) is 36.2 Å². The molecule has 0 fully saturated rings. The van der Waals surface area contributed by atoms with E-state index in [4.69, 9.17) is 0 Å². The Morgan fingerprint density at radius 1 is 1.29 bits per heavy atom. The highest BCUT2D eigenvalue weighted by molar-refractivity contribution is 7.10. The Labute approximate surface area is 128 Å². The lowest BCUT2D eigenvalue weighted by atomic mass is 9.81. The summed E-state index contributed by atoms with van der Waals surface area (Å²) in [6, 6.07) is 2.13. The third kappa shape index (κ3) is 2.50. The number of thiophene rings is 1. The predicted molar refractivity (Wildman–Crippen MR) is 81.1 cm³/mol. The number of aliphatic carboxylic acids is 1. The normalized spacial score (nSPS) is 28.2. The highest BCUT2D eigenvalue weighted by atomic mass is 32.1. The van der Waals surface area contributed by atoms with E-state index in [0.29, 0.717) is 19.4 Å². The second-order valence-corrected chi connectivity index (χ2v) is 6.75. The van der Waals surface area contributed by atoms with Gasteiger partial charge in [-0.2, -0.15) is 0 Å². The number of nitrogens with zero attached hydrogens (tertiary/aromatic N) is 1. The fourth-order valence-electron chi connectivity index (χ4n) is 3.38. The molecule has 0 bridgehead atoms. The Kier molecular flexibility index (Phi) is 3.85. The van der Waals surface area contributed by atoms with Crippen LogP contribution in [0.2, 0.25) is 0 Å². The lowest BCUT2D eigenvalue weighted by Gasteiger charge is -2.37. The van der Waals surface area contributed by atoms with Crippen LogP contribution in [0, 0.1) is 11.8 Å². The topological polar surface area (TPSA) is 57.6 Å². The molecule has 0 saturated heterocycles. The fraction of sp³-hybridized carbons (Fsp3) is 0.500. The molecule has 3 atom stereocenters. The van der Waals surface area contributed by atoms with Crippen molar-refractivity contribution in [1.29, 1.82) is 0 Å². The summed E-state index contributed by atoms with van der Waals surface area (Å²) in [7, 11) is 0. The van der Waals surface area contributed by atoms with Crippen molar-refractivity contribution >= 4 is 23.2 Å². The van der Waals surface area contributed by atoms with Gasteiger partial charge in [0.25, 0.3) is 0 Å². The van der Waals surface area contributed by atoms with Crippen molar-refractivity contribution in [1.82, 2.24) is 4.90 Å². The van der Waals surface area contributed by atoms with Crippen LogP contribution < -0.4 is 0 Å². The average Bonchev–Trinajstić information content (AvgIpc) is 2.96. The highest BCUT2D eigenvalue weighted by Crippen LogP contribution is 2.36. The van der Waals surface area contributed by atoms with Gasteiger partial charge in [0, 0.05) is 11.4 Å². The van der Waals surface area contributed by atoms with Crippen LogP contribution in [0.3, 0.4) is 0 Å². The first kappa shape index (κ1) is 14.3. The Morgan fingerprint density at radius 2 is 2.00 bits per heavy atom. The standard InChI is InChI=1S/C16H19NO3S/c1-10-11-7-9-21-14(11)6-8-17(10)15(18)12-4-2-3-5-13(12)16(19)20/h2-3,7,9-10,12-13H,4-6,8H2,1H3,(H,19,20)/t10?,12-,13+/m1/s1. The SMILES string of the molecule is CC1c2ccsc2CCN1C(=O)[C@@H]1CC=CC[C@@H]1C(=O)O. The van der Waals surface area contributed by atoms with Crippen LogP contribution in [0.25, 0.3) is 0 Å². The van der Waals surface area contributed by atoms with E-state index < -0.39 is 17.8 Å². The average molecular weight is 305 g/mol. The van der Waals surface area contributed by atoms with Crippen LogP contribution in [-0.2, 0) is 16.0 Å². The smallest absolute Gasteiger partial charge is 0.307 e. The summed E-state index contributed by atoms with van der Waals surface area (Å²) in [5.74, 6) is -1.87. The summed E-state index contributed by atoms with van der Waals surface area (Å²) in [4.78, 5) is 27.5. The van der Waals surface area contributed by atoms with Gasteiger partial charge in [-0.1, -0.05) is 12.2 Å². The Bertz CT molecular complexity index is 592. The van der Waals surface area contributed by atoms with Crippen molar-refractivity contribution in [3.63, 3.8) is 0 Å². The lowest BCUT2D eigenvalue weighted by molar-refractivity contribution is -0.151. The van der Waals surface area contributed by atoms with E-state index in [2.05, 4.69) is 11.4 Å². The van der Waals surface area contributed by atoms with Gasteiger partial charge in [-0.25, -0.2) is 0 Å². The van der Waals surface area contributed by atoms with Crippen molar-refractivity contribution < 1.29 is 14.7 Å². The predicted octanol–water partition coefficient (Wildman–Crippen LogP) is 2.86. The molecular weight excluding hydrogens is 286 g/mol. The van der Waals surface area contributed by atoms with Gasteiger partial charge in [-0.3, -0.25) is 9.59 Å². The molecule has 1 aromatic rings. The largest absolute Gasteiger partial charge is 0.481 e. The van der Waals surface area contributed by atoms with Gasteiger partial charge in [0.2, 0.25) is 5.91 Å². The van der Waals surface area contributed by atoms with Crippen molar-refractivity contribution in [2.75, 3.05) is 6.54 Å². The minimum atomic E-state index is -0.862. The van der Waals surface area contributed by atoms with Crippen molar-refractivity contribution in [3.05, 3.63) is 34.0 Å². The number of carbonyl (C=O) groups is 2. The second-order valence-electron chi connectivity index (χ2n) is 5.75. The minimum Gasteiger partial charge on any atom is -0.481 e. The number of allylic oxidation sites excluding steroid dienone is 2. The van der Waals surface area contributed by atoms with Gasteiger partial charge in [-0.15, -0.1) is 11.3 Å². The van der Waals surface area contributed by atoms with Crippen LogP contribution in [0.5, 0.6) is 0 Å². The maximum atomic E-state index is 12.8. The van der Waals surface area contributed by atoms with Gasteiger partial charge in [0.05, 0.1) is 17.9 Å². The van der Waals surface area contributed by atoms with Crippen molar-refractivity contribution in [2.45, 2.75) is 32.2 Å². The number of amides is 1. The number of fused-ring (bicyclic) bond motifs is 1. The molecule has 0 radical (unpaired) electrons. The van der Waals surface area contributed by atoms with E-state index in [-0.39, 0.29) is 11.9 Å². The molecule has 1 unspecified atom stereocenters. The van der Waals surface area contributed by atoms with E-state index in [1.165, 1.54) is 10.4 Å². The molecule has 21 heavy (non-hydrogen) atoms. The van der Waals surface area contributed by atoms with Crippen LogP contribution in [0.15, 0.2) is 23.6 Å². The molecule has 0 spiro atoms. The van der Waals surface area contributed by atoms with E-state index in [1.807, 2.05) is 24.0 Å². The molecular formula is C16H19NO3S. The summed E-state index contributed by atoms with van der Waals surface area (Å²) < 4.78 is 0. The van der Waals surface area contributed by atoms with Crippen molar-refractivity contribution in [2.24, 2.45) is 11.8 Å². The lowest BCUT2D eigenvalue weighted by Crippen LogP contribution is -2.45. The molecule has 1 N–H and O–H groups in total. The zero-order valence-corrected chi connectivity index (χ0v) is 12.8. The summed E-state index contributed by atoms with van der Waals surface area (Å²) in [5, 5.41) is 11.4. The number of hydrogen-bond donors (Lipinski definition) is 1. The van der Waals surface area contributed by atoms with E-state index in [9.17, 15) is 14.7 Å². The van der Waals surface area contributed by atoms with Crippen LogP contribution in [-0.4, -0.2) is 28.4 Å². The molecule has 1 amide bonds. The number of rotatable bonds is 2. The molecule has 5 heteroatoms. The molecule has 0 aromatic carbocycles. The van der Waals surface area contributed by atoms with Crippen LogP contribution in [0.4, 0.5) is 0 Å². The Morgan fingerprint density at radius 3 is 2.71 bits per heavy atom. The maximum absolute atomic E-state index is 12.8. The van der Waals surface area contributed by atoms with Gasteiger partial charge in [-0.05, 0) is 43.2 Å². The summed E-state index contributed by atoms with van der Waals surface area (Å²) >= 11 is 1.74. The molecule has 0 saturated carbocycles. The second kappa shape index (κ2) is 5.64. The first-order chi connectivity index (χ1) is 10.1. The van der Waals surface area contributed by atoms with E-state index in [1.54, 1.807) is 11.3 Å². The third-order valence-corrected chi connectivity index (χ3v) is 5.62. The van der Waals surface area contributed by atoms with Gasteiger partial charge < -0.3 is 10.0 Å². The maximum Gasteiger partial charge on any atom is 0.307 e. The summed E-state index contributed by atoms with van der Waals surface area (Å²) in [6.07, 6.45) is 5.68. The number of carboxylic acid groups (broad SMARTS) is 1. The Balaban J connectivity index is 1.82. The number of carboxylic acids is 1. The highest BCUT2D eigenvalue weighted by Gasteiger charge is 2.39.